The zero-order valence-electron chi connectivity index (χ0n) is 12.2. The van der Waals surface area contributed by atoms with Gasteiger partial charge >= 0.3 is 0 Å². The van der Waals surface area contributed by atoms with Crippen molar-refractivity contribution in [2.24, 2.45) is 0 Å². The molecule has 0 aliphatic carbocycles. The molecule has 4 heteroatoms. The predicted octanol–water partition coefficient (Wildman–Crippen LogP) is 4.16. The fourth-order valence-corrected chi connectivity index (χ4v) is 3.31. The second kappa shape index (κ2) is 6.65. The largest absolute Gasteiger partial charge is 0.391 e. The van der Waals surface area contributed by atoms with Crippen LogP contribution in [0.3, 0.4) is 0 Å². The van der Waals surface area contributed by atoms with E-state index in [4.69, 9.17) is 23.2 Å². The first-order valence-corrected chi connectivity index (χ1v) is 8.04. The number of halogens is 2. The molecule has 0 radical (unpaired) electrons. The van der Waals surface area contributed by atoms with Crippen molar-refractivity contribution in [1.29, 1.82) is 0 Å². The van der Waals surface area contributed by atoms with Crippen molar-refractivity contribution >= 4 is 23.2 Å². The van der Waals surface area contributed by atoms with Crippen LogP contribution < -0.4 is 0 Å². The Labute approximate surface area is 131 Å². The lowest BCUT2D eigenvalue weighted by Gasteiger charge is -2.44. The molecule has 2 nitrogen and oxygen atoms in total. The Morgan fingerprint density at radius 3 is 2.45 bits per heavy atom. The van der Waals surface area contributed by atoms with Crippen LogP contribution in [0.25, 0.3) is 0 Å². The average Bonchev–Trinajstić information content (AvgIpc) is 2.42. The van der Waals surface area contributed by atoms with Gasteiger partial charge in [0.1, 0.15) is 0 Å². The molecule has 0 spiro atoms. The zero-order valence-corrected chi connectivity index (χ0v) is 13.7. The Morgan fingerprint density at radius 2 is 1.85 bits per heavy atom. The highest BCUT2D eigenvalue weighted by Gasteiger charge is 2.35. The van der Waals surface area contributed by atoms with Gasteiger partial charge in [0.15, 0.2) is 0 Å². The van der Waals surface area contributed by atoms with Crippen LogP contribution in [0.2, 0.25) is 10.0 Å². The van der Waals surface area contributed by atoms with E-state index < -0.39 is 6.10 Å². The van der Waals surface area contributed by atoms with E-state index in [-0.39, 0.29) is 5.54 Å². The number of likely N-dealkylation sites (tertiary alicyclic amines) is 1. The summed E-state index contributed by atoms with van der Waals surface area (Å²) < 4.78 is 0. The molecule has 2 rings (SSSR count). The second-order valence-electron chi connectivity index (χ2n) is 6.16. The summed E-state index contributed by atoms with van der Waals surface area (Å²) >= 11 is 12.1. The lowest BCUT2D eigenvalue weighted by Crippen LogP contribution is -2.54. The summed E-state index contributed by atoms with van der Waals surface area (Å²) in [5.74, 6) is 0. The lowest BCUT2D eigenvalue weighted by molar-refractivity contribution is -0.0186. The topological polar surface area (TPSA) is 23.5 Å². The monoisotopic (exact) mass is 315 g/mol. The number of piperidine rings is 1. The van der Waals surface area contributed by atoms with Crippen molar-refractivity contribution in [2.45, 2.75) is 51.2 Å². The molecule has 1 aromatic carbocycles. The minimum atomic E-state index is -0.445. The fraction of sp³-hybridized carbons (Fsp3) is 0.625. The van der Waals surface area contributed by atoms with Crippen molar-refractivity contribution in [1.82, 2.24) is 4.90 Å². The molecule has 1 unspecified atom stereocenters. The predicted molar refractivity (Wildman–Crippen MR) is 85.7 cm³/mol. The molecule has 1 fully saturated rings. The molecule has 0 amide bonds. The number of aliphatic hydroxyl groups excluding tert-OH is 1. The highest BCUT2D eigenvalue weighted by atomic mass is 35.5. The second-order valence-corrected chi connectivity index (χ2v) is 7.00. The molecule has 1 atom stereocenters. The lowest BCUT2D eigenvalue weighted by atomic mass is 9.88. The Balaban J connectivity index is 2.07. The van der Waals surface area contributed by atoms with Gasteiger partial charge < -0.3 is 5.11 Å². The van der Waals surface area contributed by atoms with Crippen LogP contribution in [0, 0.1) is 0 Å². The van der Waals surface area contributed by atoms with Crippen molar-refractivity contribution in [3.8, 4) is 0 Å². The summed E-state index contributed by atoms with van der Waals surface area (Å²) in [5, 5.41) is 11.9. The smallest absolute Gasteiger partial charge is 0.0759 e. The Morgan fingerprint density at radius 1 is 1.20 bits per heavy atom. The van der Waals surface area contributed by atoms with E-state index in [1.165, 1.54) is 19.3 Å². The summed E-state index contributed by atoms with van der Waals surface area (Å²) in [4.78, 5) is 2.39. The third kappa shape index (κ3) is 3.67. The van der Waals surface area contributed by atoms with Crippen molar-refractivity contribution in [3.63, 3.8) is 0 Å². The van der Waals surface area contributed by atoms with Gasteiger partial charge in [0.25, 0.3) is 0 Å². The van der Waals surface area contributed by atoms with Crippen molar-refractivity contribution in [3.05, 3.63) is 33.8 Å². The molecule has 1 heterocycles. The third-order valence-electron chi connectivity index (χ3n) is 4.41. The summed E-state index contributed by atoms with van der Waals surface area (Å²) in [6.07, 6.45) is 3.85. The molecule has 0 bridgehead atoms. The molecule has 0 aromatic heterocycles. The molecule has 1 aliphatic heterocycles. The number of hydrogen-bond donors (Lipinski definition) is 1. The maximum absolute atomic E-state index is 10.6. The minimum Gasteiger partial charge on any atom is -0.391 e. The van der Waals surface area contributed by atoms with Gasteiger partial charge in [-0.05, 0) is 57.5 Å². The number of hydrogen-bond acceptors (Lipinski definition) is 2. The molecule has 1 N–H and O–H groups in total. The molecular formula is C16H23Cl2NO. The van der Waals surface area contributed by atoms with Gasteiger partial charge in [-0.2, -0.15) is 0 Å². The van der Waals surface area contributed by atoms with Crippen molar-refractivity contribution < 1.29 is 5.11 Å². The summed E-state index contributed by atoms with van der Waals surface area (Å²) in [6.45, 7) is 6.37. The van der Waals surface area contributed by atoms with Gasteiger partial charge in [0.05, 0.1) is 6.10 Å². The van der Waals surface area contributed by atoms with Crippen molar-refractivity contribution in [2.75, 3.05) is 13.1 Å². The SMILES string of the molecule is CC(C)(C(O)Cc1ccc(Cl)cc1Cl)N1CCCCC1. The molecule has 0 saturated carbocycles. The van der Waals surface area contributed by atoms with Gasteiger partial charge in [-0.1, -0.05) is 35.7 Å². The quantitative estimate of drug-likeness (QED) is 0.901. The molecule has 20 heavy (non-hydrogen) atoms. The minimum absolute atomic E-state index is 0.233. The highest BCUT2D eigenvalue weighted by Crippen LogP contribution is 2.28. The van der Waals surface area contributed by atoms with Gasteiger partial charge in [0.2, 0.25) is 0 Å². The first kappa shape index (κ1) is 16.1. The van der Waals surface area contributed by atoms with E-state index in [9.17, 15) is 5.11 Å². The van der Waals surface area contributed by atoms with Gasteiger partial charge in [-0.15, -0.1) is 0 Å². The first-order valence-electron chi connectivity index (χ1n) is 7.28. The molecule has 112 valence electrons. The van der Waals surface area contributed by atoms with Crippen LogP contribution >= 0.6 is 23.2 Å². The van der Waals surface area contributed by atoms with Gasteiger partial charge in [-0.3, -0.25) is 4.90 Å². The Bertz CT molecular complexity index is 456. The normalized spacial score (nSPS) is 19.1. The van der Waals surface area contributed by atoms with Gasteiger partial charge in [0, 0.05) is 22.0 Å². The Hall–Kier alpha value is -0.280. The van der Waals surface area contributed by atoms with Crippen LogP contribution in [0.4, 0.5) is 0 Å². The average molecular weight is 316 g/mol. The van der Waals surface area contributed by atoms with Crippen LogP contribution in [0.1, 0.15) is 38.7 Å². The van der Waals surface area contributed by atoms with E-state index in [0.29, 0.717) is 16.5 Å². The van der Waals surface area contributed by atoms with E-state index >= 15 is 0 Å². The summed E-state index contributed by atoms with van der Waals surface area (Å²) in [6, 6.07) is 5.46. The molecule has 1 saturated heterocycles. The highest BCUT2D eigenvalue weighted by molar-refractivity contribution is 6.35. The number of rotatable bonds is 4. The van der Waals surface area contributed by atoms with Gasteiger partial charge in [-0.25, -0.2) is 0 Å². The number of aliphatic hydroxyl groups is 1. The number of nitrogens with zero attached hydrogens (tertiary/aromatic N) is 1. The molecule has 1 aromatic rings. The van der Waals surface area contributed by atoms with E-state index in [1.807, 2.05) is 12.1 Å². The van der Waals surface area contributed by atoms with Crippen LogP contribution in [0.15, 0.2) is 18.2 Å². The molecular weight excluding hydrogens is 293 g/mol. The first-order chi connectivity index (χ1) is 9.41. The van der Waals surface area contributed by atoms with Crippen LogP contribution in [-0.4, -0.2) is 34.7 Å². The van der Waals surface area contributed by atoms with E-state index in [1.54, 1.807) is 6.07 Å². The van der Waals surface area contributed by atoms with Crippen LogP contribution in [-0.2, 0) is 6.42 Å². The summed E-state index contributed by atoms with van der Waals surface area (Å²) in [7, 11) is 0. The van der Waals surface area contributed by atoms with E-state index in [2.05, 4.69) is 18.7 Å². The molecule has 1 aliphatic rings. The number of benzene rings is 1. The van der Waals surface area contributed by atoms with E-state index in [0.717, 1.165) is 18.7 Å². The maximum Gasteiger partial charge on any atom is 0.0759 e. The zero-order chi connectivity index (χ0) is 14.8. The third-order valence-corrected chi connectivity index (χ3v) is 5.00. The maximum atomic E-state index is 10.6. The standard InChI is InChI=1S/C16H23Cl2NO/c1-16(2,19-8-4-3-5-9-19)15(20)10-12-6-7-13(17)11-14(12)18/h6-7,11,15,20H,3-5,8-10H2,1-2H3. The summed E-state index contributed by atoms with van der Waals surface area (Å²) in [5.41, 5.74) is 0.720. The Kier molecular flexibility index (Phi) is 5.36. The fourth-order valence-electron chi connectivity index (χ4n) is 2.83. The van der Waals surface area contributed by atoms with Crippen LogP contribution in [0.5, 0.6) is 0 Å².